The number of Topliss-reactive ketones (excluding diaryl/α,β-unsaturated/α-hetero) is 1. The number of pyridine rings is 1. The number of hydrogen-bond donors (Lipinski definition) is 1. The number of fused-ring (bicyclic) bond motifs is 1. The van der Waals surface area contributed by atoms with Crippen LogP contribution in [-0.4, -0.2) is 21.6 Å². The molecule has 0 fully saturated rings. The smallest absolute Gasteiger partial charge is 0.294 e. The van der Waals surface area contributed by atoms with Gasteiger partial charge in [-0.05, 0) is 56.7 Å². The number of rotatable bonds is 3. The molecule has 3 rings (SSSR count). The molecule has 1 N–H and O–H groups in total. The van der Waals surface area contributed by atoms with Crippen LogP contribution in [0, 0.1) is 5.82 Å². The molecule has 0 saturated carbocycles. The lowest BCUT2D eigenvalue weighted by atomic mass is 10.0. The zero-order chi connectivity index (χ0) is 18.2. The molecule has 0 spiro atoms. The first-order valence-corrected chi connectivity index (χ1v) is 7.99. The number of aromatic nitrogens is 1. The predicted molar refractivity (Wildman–Crippen MR) is 95.0 cm³/mol. The second-order valence-electron chi connectivity index (χ2n) is 6.94. The molecule has 1 amide bonds. The van der Waals surface area contributed by atoms with Crippen molar-refractivity contribution >= 4 is 17.2 Å². The first kappa shape index (κ1) is 16.9. The fourth-order valence-corrected chi connectivity index (χ4v) is 2.71. The van der Waals surface area contributed by atoms with E-state index in [2.05, 4.69) is 5.32 Å². The topological polar surface area (TPSA) is 50.6 Å². The Morgan fingerprint density at radius 2 is 1.72 bits per heavy atom. The summed E-state index contributed by atoms with van der Waals surface area (Å²) in [4.78, 5) is 25.3. The highest BCUT2D eigenvalue weighted by Crippen LogP contribution is 2.28. The summed E-state index contributed by atoms with van der Waals surface area (Å²) in [6.07, 6.45) is 1.74. The van der Waals surface area contributed by atoms with Gasteiger partial charge in [-0.15, -0.1) is 0 Å². The van der Waals surface area contributed by atoms with Gasteiger partial charge >= 0.3 is 0 Å². The van der Waals surface area contributed by atoms with Crippen LogP contribution in [0.2, 0.25) is 0 Å². The zero-order valence-electron chi connectivity index (χ0n) is 14.3. The Morgan fingerprint density at radius 3 is 2.36 bits per heavy atom. The molecule has 0 saturated heterocycles. The second kappa shape index (κ2) is 6.16. The maximum absolute atomic E-state index is 13.2. The van der Waals surface area contributed by atoms with Crippen LogP contribution < -0.4 is 5.32 Å². The third-order valence-corrected chi connectivity index (χ3v) is 3.74. The number of halogens is 1. The van der Waals surface area contributed by atoms with Crippen LogP contribution in [0.4, 0.5) is 4.39 Å². The lowest BCUT2D eigenvalue weighted by Crippen LogP contribution is -2.44. The first-order chi connectivity index (χ1) is 11.8. The predicted octanol–water partition coefficient (Wildman–Crippen LogP) is 3.84. The van der Waals surface area contributed by atoms with Crippen molar-refractivity contribution in [3.8, 4) is 11.1 Å². The summed E-state index contributed by atoms with van der Waals surface area (Å²) in [6, 6.07) is 13.2. The largest absolute Gasteiger partial charge is 0.345 e. The van der Waals surface area contributed by atoms with Gasteiger partial charge in [-0.25, -0.2) is 4.39 Å². The molecule has 5 heteroatoms. The summed E-state index contributed by atoms with van der Waals surface area (Å²) < 4.78 is 14.9. The minimum Gasteiger partial charge on any atom is -0.345 e. The van der Waals surface area contributed by atoms with E-state index < -0.39 is 17.2 Å². The molecule has 1 aromatic carbocycles. The number of ketones is 1. The number of amides is 1. The molecule has 0 unspecified atom stereocenters. The number of hydrogen-bond acceptors (Lipinski definition) is 2. The highest BCUT2D eigenvalue weighted by molar-refractivity contribution is 6.43. The quantitative estimate of drug-likeness (QED) is 0.583. The Hall–Kier alpha value is -2.95. The lowest BCUT2D eigenvalue weighted by Gasteiger charge is -2.20. The minimum absolute atomic E-state index is 0.268. The maximum Gasteiger partial charge on any atom is 0.294 e. The maximum atomic E-state index is 13.2. The van der Waals surface area contributed by atoms with Crippen molar-refractivity contribution in [3.63, 3.8) is 0 Å². The summed E-state index contributed by atoms with van der Waals surface area (Å²) in [7, 11) is 0. The van der Waals surface area contributed by atoms with E-state index in [1.165, 1.54) is 12.1 Å². The van der Waals surface area contributed by atoms with E-state index in [1.54, 1.807) is 28.8 Å². The molecule has 2 heterocycles. The van der Waals surface area contributed by atoms with Gasteiger partial charge in [-0.2, -0.15) is 0 Å². The molecule has 0 aliphatic carbocycles. The third kappa shape index (κ3) is 3.45. The van der Waals surface area contributed by atoms with Gasteiger partial charge in [0.05, 0.1) is 0 Å². The minimum atomic E-state index is -0.667. The van der Waals surface area contributed by atoms with E-state index in [0.717, 1.165) is 5.52 Å². The van der Waals surface area contributed by atoms with E-state index >= 15 is 0 Å². The van der Waals surface area contributed by atoms with Gasteiger partial charge in [0.2, 0.25) is 0 Å². The van der Waals surface area contributed by atoms with Gasteiger partial charge in [-0.1, -0.05) is 18.2 Å². The second-order valence-corrected chi connectivity index (χ2v) is 6.94. The molecule has 25 heavy (non-hydrogen) atoms. The van der Waals surface area contributed by atoms with Crippen LogP contribution in [0.25, 0.3) is 16.6 Å². The highest BCUT2D eigenvalue weighted by atomic mass is 19.1. The van der Waals surface area contributed by atoms with Crippen LogP contribution in [0.1, 0.15) is 31.3 Å². The van der Waals surface area contributed by atoms with Gasteiger partial charge in [0.15, 0.2) is 0 Å². The van der Waals surface area contributed by atoms with Crippen molar-refractivity contribution in [2.24, 2.45) is 0 Å². The van der Waals surface area contributed by atoms with Gasteiger partial charge in [0, 0.05) is 22.8 Å². The SMILES string of the molecule is CC(C)(C)NC(=O)C(=O)c1c(-c2ccc(F)cc2)cc2ccccn12. The van der Waals surface area contributed by atoms with Crippen LogP contribution in [0.15, 0.2) is 54.7 Å². The Labute approximate surface area is 145 Å². The van der Waals surface area contributed by atoms with E-state index in [4.69, 9.17) is 0 Å². The van der Waals surface area contributed by atoms with Gasteiger partial charge < -0.3 is 9.72 Å². The molecule has 0 atom stereocenters. The number of nitrogens with one attached hydrogen (secondary N) is 1. The van der Waals surface area contributed by atoms with Gasteiger partial charge in [0.1, 0.15) is 11.5 Å². The molecule has 0 radical (unpaired) electrons. The standard InChI is InChI=1S/C20H19FN2O2/c1-20(2,3)22-19(25)18(24)17-16(13-7-9-14(21)10-8-13)12-15-6-4-5-11-23(15)17/h4-12H,1-3H3,(H,22,25). The zero-order valence-corrected chi connectivity index (χ0v) is 14.3. The molecule has 0 aliphatic rings. The van der Waals surface area contributed by atoms with E-state index in [-0.39, 0.29) is 11.5 Å². The van der Waals surface area contributed by atoms with E-state index in [0.29, 0.717) is 11.1 Å². The summed E-state index contributed by atoms with van der Waals surface area (Å²) >= 11 is 0. The average molecular weight is 338 g/mol. The highest BCUT2D eigenvalue weighted by Gasteiger charge is 2.27. The molecule has 4 nitrogen and oxygen atoms in total. The Kier molecular flexibility index (Phi) is 4.17. The average Bonchev–Trinajstić information content (AvgIpc) is 2.92. The Balaban J connectivity index is 2.15. The van der Waals surface area contributed by atoms with E-state index in [1.807, 2.05) is 39.0 Å². The summed E-state index contributed by atoms with van der Waals surface area (Å²) in [5, 5.41) is 2.70. The monoisotopic (exact) mass is 338 g/mol. The Morgan fingerprint density at radius 1 is 1.04 bits per heavy atom. The number of nitrogens with zero attached hydrogens (tertiary/aromatic N) is 1. The lowest BCUT2D eigenvalue weighted by molar-refractivity contribution is -0.118. The summed E-state index contributed by atoms with van der Waals surface area (Å²) in [5.41, 5.74) is 1.81. The molecular weight excluding hydrogens is 319 g/mol. The van der Waals surface area contributed by atoms with Crippen LogP contribution >= 0.6 is 0 Å². The van der Waals surface area contributed by atoms with Crippen LogP contribution in [-0.2, 0) is 4.79 Å². The van der Waals surface area contributed by atoms with Gasteiger partial charge in [-0.3, -0.25) is 9.59 Å². The molecule has 2 aromatic heterocycles. The molecule has 0 aliphatic heterocycles. The third-order valence-electron chi connectivity index (χ3n) is 3.74. The number of benzene rings is 1. The van der Waals surface area contributed by atoms with Crippen molar-refractivity contribution in [3.05, 3.63) is 66.2 Å². The summed E-state index contributed by atoms with van der Waals surface area (Å²) in [5.74, 6) is -1.65. The van der Waals surface area contributed by atoms with Crippen molar-refractivity contribution in [1.29, 1.82) is 0 Å². The van der Waals surface area contributed by atoms with E-state index in [9.17, 15) is 14.0 Å². The van der Waals surface area contributed by atoms with Crippen LogP contribution in [0.5, 0.6) is 0 Å². The van der Waals surface area contributed by atoms with Gasteiger partial charge in [0.25, 0.3) is 11.7 Å². The molecule has 3 aromatic rings. The van der Waals surface area contributed by atoms with Crippen LogP contribution in [0.3, 0.4) is 0 Å². The molecular formula is C20H19FN2O2. The van der Waals surface area contributed by atoms with Crippen molar-refractivity contribution in [2.45, 2.75) is 26.3 Å². The fourth-order valence-electron chi connectivity index (χ4n) is 2.71. The normalized spacial score (nSPS) is 11.5. The summed E-state index contributed by atoms with van der Waals surface area (Å²) in [6.45, 7) is 5.44. The van der Waals surface area contributed by atoms with Crippen molar-refractivity contribution in [2.75, 3.05) is 0 Å². The number of carbonyl (C=O) groups is 2. The Bertz CT molecular complexity index is 950. The fraction of sp³-hybridized carbons (Fsp3) is 0.200. The number of carbonyl (C=O) groups excluding carboxylic acids is 2. The molecule has 0 bridgehead atoms. The first-order valence-electron chi connectivity index (χ1n) is 7.99. The van der Waals surface area contributed by atoms with Crippen molar-refractivity contribution < 1.29 is 14.0 Å². The van der Waals surface area contributed by atoms with Crippen molar-refractivity contribution in [1.82, 2.24) is 9.72 Å². The molecule has 128 valence electrons.